The third-order valence-corrected chi connectivity index (χ3v) is 5.05. The van der Waals surface area contributed by atoms with Gasteiger partial charge in [-0.05, 0) is 43.4 Å². The van der Waals surface area contributed by atoms with E-state index >= 15 is 0 Å². The Kier molecular flexibility index (Phi) is 10.5. The Balaban J connectivity index is 4.08. The predicted octanol–water partition coefficient (Wildman–Crippen LogP) is 7.19. The summed E-state index contributed by atoms with van der Waals surface area (Å²) in [7, 11) is 0. The zero-order valence-electron chi connectivity index (χ0n) is 15.4. The van der Waals surface area contributed by atoms with Crippen LogP contribution in [0.15, 0.2) is 36.5 Å². The van der Waals surface area contributed by atoms with Crippen LogP contribution >= 0.6 is 0 Å². The topological polar surface area (TPSA) is 0 Å². The Morgan fingerprint density at radius 2 is 1.38 bits per heavy atom. The summed E-state index contributed by atoms with van der Waals surface area (Å²) in [5, 5.41) is 0. The molecule has 0 bridgehead atoms. The molecule has 0 aromatic carbocycles. The van der Waals surface area contributed by atoms with Crippen LogP contribution < -0.4 is 0 Å². The van der Waals surface area contributed by atoms with Gasteiger partial charge >= 0.3 is 0 Å². The van der Waals surface area contributed by atoms with Crippen LogP contribution in [0, 0.1) is 23.7 Å². The molecular formula is C21H38. The van der Waals surface area contributed by atoms with Gasteiger partial charge in [-0.3, -0.25) is 0 Å². The van der Waals surface area contributed by atoms with Crippen molar-refractivity contribution < 1.29 is 0 Å². The molecule has 0 aliphatic rings. The van der Waals surface area contributed by atoms with Gasteiger partial charge < -0.3 is 0 Å². The van der Waals surface area contributed by atoms with Gasteiger partial charge in [-0.25, -0.2) is 0 Å². The highest BCUT2D eigenvalue weighted by Gasteiger charge is 2.15. The molecule has 0 aromatic heterocycles. The average Bonchev–Trinajstić information content (AvgIpc) is 2.46. The van der Waals surface area contributed by atoms with E-state index in [0.29, 0.717) is 5.92 Å². The molecule has 0 heteroatoms. The lowest BCUT2D eigenvalue weighted by atomic mass is 9.83. The van der Waals surface area contributed by atoms with Crippen LogP contribution in [0.2, 0.25) is 0 Å². The summed E-state index contributed by atoms with van der Waals surface area (Å²) in [5.74, 6) is 3.11. The molecule has 0 fully saturated rings. The molecular weight excluding hydrogens is 252 g/mol. The van der Waals surface area contributed by atoms with Gasteiger partial charge in [0.1, 0.15) is 0 Å². The summed E-state index contributed by atoms with van der Waals surface area (Å²) < 4.78 is 0. The fourth-order valence-corrected chi connectivity index (χ4v) is 2.43. The third kappa shape index (κ3) is 9.72. The third-order valence-electron chi connectivity index (χ3n) is 5.05. The van der Waals surface area contributed by atoms with Crippen molar-refractivity contribution in [2.24, 2.45) is 23.7 Å². The van der Waals surface area contributed by atoms with E-state index in [-0.39, 0.29) is 0 Å². The van der Waals surface area contributed by atoms with Gasteiger partial charge in [0, 0.05) is 0 Å². The van der Waals surface area contributed by atoms with Crippen LogP contribution in [0.5, 0.6) is 0 Å². The second-order valence-corrected chi connectivity index (χ2v) is 7.28. The summed E-state index contributed by atoms with van der Waals surface area (Å²) in [6.45, 7) is 21.9. The van der Waals surface area contributed by atoms with E-state index in [9.17, 15) is 0 Å². The van der Waals surface area contributed by atoms with Crippen LogP contribution in [0.25, 0.3) is 0 Å². The predicted molar refractivity (Wildman–Crippen MR) is 98.5 cm³/mol. The van der Waals surface area contributed by atoms with E-state index in [0.717, 1.165) is 23.3 Å². The van der Waals surface area contributed by atoms with Crippen molar-refractivity contribution in [3.8, 4) is 0 Å². The molecule has 4 unspecified atom stereocenters. The normalized spacial score (nSPS) is 17.4. The number of allylic oxidation sites excluding steroid dienone is 4. The van der Waals surface area contributed by atoms with Crippen molar-refractivity contribution >= 4 is 0 Å². The fraction of sp³-hybridized carbons (Fsp3) is 0.714. The lowest BCUT2D eigenvalue weighted by molar-refractivity contribution is 0.301. The van der Waals surface area contributed by atoms with Gasteiger partial charge in [-0.2, -0.15) is 0 Å². The van der Waals surface area contributed by atoms with E-state index in [4.69, 9.17) is 0 Å². The second kappa shape index (κ2) is 10.9. The Morgan fingerprint density at radius 3 is 1.86 bits per heavy atom. The maximum absolute atomic E-state index is 4.19. The minimum absolute atomic E-state index is 0.574. The van der Waals surface area contributed by atoms with Crippen LogP contribution in [0.1, 0.15) is 73.6 Å². The highest BCUT2D eigenvalue weighted by Crippen LogP contribution is 2.27. The van der Waals surface area contributed by atoms with Crippen LogP contribution in [-0.2, 0) is 0 Å². The van der Waals surface area contributed by atoms with Crippen molar-refractivity contribution in [2.75, 3.05) is 0 Å². The molecule has 0 nitrogen and oxygen atoms in total. The minimum atomic E-state index is 0.574. The highest BCUT2D eigenvalue weighted by molar-refractivity contribution is 5.24. The van der Waals surface area contributed by atoms with Gasteiger partial charge in [0.05, 0.1) is 0 Å². The van der Waals surface area contributed by atoms with Crippen molar-refractivity contribution in [3.05, 3.63) is 36.5 Å². The molecule has 0 heterocycles. The van der Waals surface area contributed by atoms with E-state index in [1.807, 2.05) is 6.92 Å². The van der Waals surface area contributed by atoms with Crippen molar-refractivity contribution in [1.29, 1.82) is 0 Å². The van der Waals surface area contributed by atoms with Gasteiger partial charge in [0.25, 0.3) is 0 Å². The van der Waals surface area contributed by atoms with Gasteiger partial charge in [0.15, 0.2) is 0 Å². The lowest BCUT2D eigenvalue weighted by Crippen LogP contribution is -2.11. The van der Waals surface area contributed by atoms with Crippen LogP contribution in [-0.4, -0.2) is 0 Å². The molecule has 0 N–H and O–H groups in total. The SMILES string of the molecule is C=C(C)/C=C\C(=C)C(C)CCC(C)C(C)CCC(C)CC. The quantitative estimate of drug-likeness (QED) is 0.353. The highest BCUT2D eigenvalue weighted by atomic mass is 14.2. The first-order valence-corrected chi connectivity index (χ1v) is 8.80. The number of rotatable bonds is 11. The van der Waals surface area contributed by atoms with Gasteiger partial charge in [0.2, 0.25) is 0 Å². The maximum Gasteiger partial charge on any atom is -0.0196 e. The fourth-order valence-electron chi connectivity index (χ4n) is 2.43. The lowest BCUT2D eigenvalue weighted by Gasteiger charge is -2.23. The molecule has 0 aromatic rings. The molecule has 122 valence electrons. The van der Waals surface area contributed by atoms with Crippen LogP contribution in [0.3, 0.4) is 0 Å². The van der Waals surface area contributed by atoms with E-state index in [1.54, 1.807) is 0 Å². The van der Waals surface area contributed by atoms with Crippen molar-refractivity contribution in [2.45, 2.75) is 73.6 Å². The smallest absolute Gasteiger partial charge is 0.0196 e. The molecule has 0 saturated carbocycles. The zero-order valence-corrected chi connectivity index (χ0v) is 15.4. The largest absolute Gasteiger partial charge is 0.0961 e. The van der Waals surface area contributed by atoms with Crippen molar-refractivity contribution in [3.63, 3.8) is 0 Å². The Hall–Kier alpha value is -0.780. The number of hydrogen-bond acceptors (Lipinski definition) is 0. The molecule has 0 saturated heterocycles. The molecule has 0 aliphatic carbocycles. The molecule has 0 radical (unpaired) electrons. The summed E-state index contributed by atoms with van der Waals surface area (Å²) in [4.78, 5) is 0. The van der Waals surface area contributed by atoms with E-state index in [2.05, 4.69) is 59.9 Å². The number of hydrogen-bond donors (Lipinski definition) is 0. The Labute approximate surface area is 134 Å². The van der Waals surface area contributed by atoms with Crippen molar-refractivity contribution in [1.82, 2.24) is 0 Å². The Bertz CT molecular complexity index is 334. The molecule has 21 heavy (non-hydrogen) atoms. The summed E-state index contributed by atoms with van der Waals surface area (Å²) >= 11 is 0. The minimum Gasteiger partial charge on any atom is -0.0961 e. The molecule has 4 atom stereocenters. The van der Waals surface area contributed by atoms with E-state index in [1.165, 1.54) is 37.7 Å². The van der Waals surface area contributed by atoms with Gasteiger partial charge in [-0.1, -0.05) is 90.3 Å². The Morgan fingerprint density at radius 1 is 0.857 bits per heavy atom. The standard InChI is InChI=1S/C21H38/c1-9-17(4)11-13-19(6)21(8)15-14-20(7)18(5)12-10-16(2)3/h10,12,17,19-21H,2,5,9,11,13-15H2,1,3-4,6-8H3/b12-10-. The molecule has 0 spiro atoms. The summed E-state index contributed by atoms with van der Waals surface area (Å²) in [6.07, 6.45) is 10.8. The first-order valence-electron chi connectivity index (χ1n) is 8.80. The monoisotopic (exact) mass is 290 g/mol. The van der Waals surface area contributed by atoms with Gasteiger partial charge in [-0.15, -0.1) is 0 Å². The first kappa shape index (κ1) is 20.2. The summed E-state index contributed by atoms with van der Waals surface area (Å²) in [6, 6.07) is 0. The second-order valence-electron chi connectivity index (χ2n) is 7.28. The first-order chi connectivity index (χ1) is 9.77. The maximum atomic E-state index is 4.19. The summed E-state index contributed by atoms with van der Waals surface area (Å²) in [5.41, 5.74) is 2.33. The van der Waals surface area contributed by atoms with Crippen LogP contribution in [0.4, 0.5) is 0 Å². The molecule has 0 amide bonds. The molecule has 0 aliphatic heterocycles. The average molecular weight is 291 g/mol. The zero-order chi connectivity index (χ0) is 16.4. The molecule has 0 rings (SSSR count). The van der Waals surface area contributed by atoms with E-state index < -0.39 is 0 Å².